The van der Waals surface area contributed by atoms with E-state index in [2.05, 4.69) is 62.0 Å². The van der Waals surface area contributed by atoms with Crippen molar-refractivity contribution in [1.82, 2.24) is 14.6 Å². The van der Waals surface area contributed by atoms with Gasteiger partial charge in [-0.1, -0.05) is 63.3 Å². The largest absolute Gasteiger partial charge is 0.217 e. The van der Waals surface area contributed by atoms with Crippen molar-refractivity contribution in [3.05, 3.63) is 41.0 Å². The second-order valence-corrected chi connectivity index (χ2v) is 7.07. The maximum Gasteiger partial charge on any atom is 0.212 e. The Morgan fingerprint density at radius 1 is 1.15 bits per heavy atom. The average molecular weight is 285 g/mol. The second-order valence-electron chi connectivity index (χ2n) is 6.03. The van der Waals surface area contributed by atoms with Gasteiger partial charge in [0.05, 0.1) is 11.9 Å². The molecule has 0 N–H and O–H groups in total. The molecule has 0 aliphatic carbocycles. The highest BCUT2D eigenvalue weighted by atomic mass is 32.1. The van der Waals surface area contributed by atoms with E-state index in [4.69, 9.17) is 0 Å². The van der Waals surface area contributed by atoms with Crippen LogP contribution in [0.3, 0.4) is 0 Å². The lowest BCUT2D eigenvalue weighted by atomic mass is 9.86. The van der Waals surface area contributed by atoms with Crippen LogP contribution >= 0.6 is 11.3 Å². The lowest BCUT2D eigenvalue weighted by molar-refractivity contribution is 0.590. The molecule has 0 spiro atoms. The molecule has 0 radical (unpaired) electrons. The molecule has 0 bridgehead atoms. The Labute approximate surface area is 123 Å². The van der Waals surface area contributed by atoms with Crippen molar-refractivity contribution in [3.63, 3.8) is 0 Å². The maximum atomic E-state index is 4.66. The van der Waals surface area contributed by atoms with Gasteiger partial charge in [0.25, 0.3) is 0 Å². The van der Waals surface area contributed by atoms with Crippen LogP contribution in [0.15, 0.2) is 30.5 Å². The molecular formula is C16H19N3S. The summed E-state index contributed by atoms with van der Waals surface area (Å²) in [5.74, 6) is 0. The number of aryl methyl sites for hydroxylation is 1. The Morgan fingerprint density at radius 2 is 1.85 bits per heavy atom. The smallest absolute Gasteiger partial charge is 0.212 e. The lowest BCUT2D eigenvalue weighted by Crippen LogP contribution is -2.10. The molecule has 0 amide bonds. The molecule has 20 heavy (non-hydrogen) atoms. The summed E-state index contributed by atoms with van der Waals surface area (Å²) in [5.41, 5.74) is 3.67. The normalized spacial score (nSPS) is 12.2. The predicted molar refractivity (Wildman–Crippen MR) is 84.4 cm³/mol. The number of hydrogen-bond acceptors (Lipinski definition) is 3. The number of nitrogens with zero attached hydrogens (tertiary/aromatic N) is 3. The Kier molecular flexibility index (Phi) is 3.13. The molecule has 0 atom stereocenters. The molecule has 2 aromatic heterocycles. The fourth-order valence-corrected chi connectivity index (χ4v) is 2.98. The van der Waals surface area contributed by atoms with Crippen LogP contribution in [0.4, 0.5) is 0 Å². The first-order valence-corrected chi connectivity index (χ1v) is 7.75. The van der Waals surface area contributed by atoms with E-state index in [1.807, 2.05) is 10.7 Å². The Morgan fingerprint density at radius 3 is 2.40 bits per heavy atom. The van der Waals surface area contributed by atoms with E-state index in [9.17, 15) is 0 Å². The van der Waals surface area contributed by atoms with Crippen LogP contribution < -0.4 is 0 Å². The van der Waals surface area contributed by atoms with Gasteiger partial charge in [-0.15, -0.1) is 0 Å². The van der Waals surface area contributed by atoms with Gasteiger partial charge in [0.15, 0.2) is 0 Å². The zero-order valence-electron chi connectivity index (χ0n) is 12.3. The van der Waals surface area contributed by atoms with Crippen LogP contribution in [0, 0.1) is 0 Å². The van der Waals surface area contributed by atoms with E-state index in [0.29, 0.717) is 0 Å². The van der Waals surface area contributed by atoms with Gasteiger partial charge in [0.1, 0.15) is 5.01 Å². The minimum absolute atomic E-state index is 0.185. The van der Waals surface area contributed by atoms with Crippen molar-refractivity contribution in [1.29, 1.82) is 0 Å². The molecule has 104 valence electrons. The number of aromatic nitrogens is 3. The third-order valence-electron chi connectivity index (χ3n) is 3.43. The van der Waals surface area contributed by atoms with Crippen LogP contribution in [-0.2, 0) is 11.8 Å². The summed E-state index contributed by atoms with van der Waals surface area (Å²) >= 11 is 1.66. The molecule has 0 saturated heterocycles. The third kappa shape index (κ3) is 2.36. The molecule has 3 aromatic rings. The summed E-state index contributed by atoms with van der Waals surface area (Å²) in [5, 5.41) is 5.63. The predicted octanol–water partition coefficient (Wildman–Crippen LogP) is 4.32. The van der Waals surface area contributed by atoms with Crippen LogP contribution in [0.25, 0.3) is 16.2 Å². The highest BCUT2D eigenvalue weighted by Gasteiger charge is 2.14. The van der Waals surface area contributed by atoms with Crippen molar-refractivity contribution in [2.75, 3.05) is 0 Å². The molecule has 4 heteroatoms. The number of fused-ring (bicyclic) bond motifs is 1. The topological polar surface area (TPSA) is 30.2 Å². The Bertz CT molecular complexity index is 698. The maximum absolute atomic E-state index is 4.66. The van der Waals surface area contributed by atoms with Crippen molar-refractivity contribution in [2.45, 2.75) is 39.5 Å². The molecule has 0 aliphatic rings. The summed E-state index contributed by atoms with van der Waals surface area (Å²) in [6.45, 7) is 8.80. The van der Waals surface area contributed by atoms with E-state index in [1.54, 1.807) is 11.3 Å². The van der Waals surface area contributed by atoms with Gasteiger partial charge >= 0.3 is 0 Å². The molecule has 0 aliphatic heterocycles. The van der Waals surface area contributed by atoms with Crippen LogP contribution in [0.1, 0.15) is 38.3 Å². The molecule has 3 rings (SSSR count). The fraction of sp³-hybridized carbons (Fsp3) is 0.375. The number of benzene rings is 1. The van der Waals surface area contributed by atoms with Gasteiger partial charge < -0.3 is 0 Å². The molecular weight excluding hydrogens is 266 g/mol. The summed E-state index contributed by atoms with van der Waals surface area (Å²) in [6, 6.07) is 8.67. The summed E-state index contributed by atoms with van der Waals surface area (Å²) in [6.07, 6.45) is 2.97. The van der Waals surface area contributed by atoms with Gasteiger partial charge in [-0.25, -0.2) is 9.50 Å². The van der Waals surface area contributed by atoms with Crippen LogP contribution in [0.2, 0.25) is 0 Å². The van der Waals surface area contributed by atoms with Gasteiger partial charge in [0, 0.05) is 5.56 Å². The second kappa shape index (κ2) is 4.70. The van der Waals surface area contributed by atoms with Crippen molar-refractivity contribution in [3.8, 4) is 11.3 Å². The van der Waals surface area contributed by atoms with Crippen molar-refractivity contribution < 1.29 is 0 Å². The zero-order valence-corrected chi connectivity index (χ0v) is 13.2. The monoisotopic (exact) mass is 285 g/mol. The summed E-state index contributed by atoms with van der Waals surface area (Å²) in [4.78, 5) is 5.63. The number of imidazole rings is 1. The minimum atomic E-state index is 0.185. The minimum Gasteiger partial charge on any atom is -0.217 e. The van der Waals surface area contributed by atoms with E-state index >= 15 is 0 Å². The van der Waals surface area contributed by atoms with E-state index in [1.165, 1.54) is 5.56 Å². The highest BCUT2D eigenvalue weighted by molar-refractivity contribution is 7.16. The number of hydrogen-bond donors (Lipinski definition) is 0. The standard InChI is InChI=1S/C16H19N3S/c1-5-14-18-19-10-13(17-15(19)20-14)11-6-8-12(9-7-11)16(2,3)4/h6-10H,5H2,1-4H3. The Balaban J connectivity index is 1.96. The van der Waals surface area contributed by atoms with Gasteiger partial charge in [-0.3, -0.25) is 0 Å². The van der Waals surface area contributed by atoms with Crippen molar-refractivity contribution >= 4 is 16.3 Å². The van der Waals surface area contributed by atoms with E-state index in [0.717, 1.165) is 27.6 Å². The quantitative estimate of drug-likeness (QED) is 0.702. The molecule has 0 fully saturated rings. The van der Waals surface area contributed by atoms with Gasteiger partial charge in [-0.05, 0) is 17.4 Å². The van der Waals surface area contributed by atoms with Gasteiger partial charge in [-0.2, -0.15) is 5.10 Å². The average Bonchev–Trinajstić information content (AvgIpc) is 2.95. The van der Waals surface area contributed by atoms with E-state index < -0.39 is 0 Å². The first-order chi connectivity index (χ1) is 9.47. The van der Waals surface area contributed by atoms with Crippen LogP contribution in [0.5, 0.6) is 0 Å². The molecule has 1 aromatic carbocycles. The third-order valence-corrected chi connectivity index (χ3v) is 4.50. The van der Waals surface area contributed by atoms with Crippen molar-refractivity contribution in [2.24, 2.45) is 0 Å². The summed E-state index contributed by atoms with van der Waals surface area (Å²) in [7, 11) is 0. The highest BCUT2D eigenvalue weighted by Crippen LogP contribution is 2.26. The summed E-state index contributed by atoms with van der Waals surface area (Å²) < 4.78 is 1.89. The number of rotatable bonds is 2. The first-order valence-electron chi connectivity index (χ1n) is 6.93. The fourth-order valence-electron chi connectivity index (χ4n) is 2.16. The zero-order chi connectivity index (χ0) is 14.3. The van der Waals surface area contributed by atoms with Crippen LogP contribution in [-0.4, -0.2) is 14.6 Å². The molecule has 0 unspecified atom stereocenters. The van der Waals surface area contributed by atoms with E-state index in [-0.39, 0.29) is 5.41 Å². The first kappa shape index (κ1) is 13.3. The molecule has 0 saturated carbocycles. The SMILES string of the molecule is CCc1nn2cc(-c3ccc(C(C)(C)C)cc3)nc2s1. The molecule has 2 heterocycles. The van der Waals surface area contributed by atoms with Gasteiger partial charge in [0.2, 0.25) is 4.96 Å². The molecule has 3 nitrogen and oxygen atoms in total. The Hall–Kier alpha value is -1.68. The lowest BCUT2D eigenvalue weighted by Gasteiger charge is -2.18.